The van der Waals surface area contributed by atoms with E-state index in [4.69, 9.17) is 5.73 Å². The van der Waals surface area contributed by atoms with Crippen LogP contribution in [0.25, 0.3) is 5.57 Å². The summed E-state index contributed by atoms with van der Waals surface area (Å²) in [5.41, 5.74) is 9.61. The van der Waals surface area contributed by atoms with Gasteiger partial charge in [-0.1, -0.05) is 30.3 Å². The number of unbranched alkanes of at least 4 members (excludes halogenated alkanes) is 2. The van der Waals surface area contributed by atoms with Crippen molar-refractivity contribution in [2.24, 2.45) is 5.73 Å². The molecule has 3 nitrogen and oxygen atoms in total. The largest absolute Gasteiger partial charge is 0.469 e. The first-order valence-corrected chi connectivity index (χ1v) is 7.61. The smallest absolute Gasteiger partial charge is 0.305 e. The Morgan fingerprint density at radius 1 is 1.29 bits per heavy atom. The second-order valence-corrected chi connectivity index (χ2v) is 5.59. The summed E-state index contributed by atoms with van der Waals surface area (Å²) in [5.74, 6) is -0.125. The molecule has 1 atom stereocenters. The summed E-state index contributed by atoms with van der Waals surface area (Å²) in [7, 11) is 1.43. The van der Waals surface area contributed by atoms with Gasteiger partial charge in [-0.05, 0) is 56.2 Å². The van der Waals surface area contributed by atoms with Crippen LogP contribution in [0.1, 0.15) is 50.7 Å². The number of methoxy groups -OCH3 is 1. The molecular weight excluding hydrogens is 262 g/mol. The molecule has 0 radical (unpaired) electrons. The van der Waals surface area contributed by atoms with Gasteiger partial charge in [-0.25, -0.2) is 0 Å². The van der Waals surface area contributed by atoms with Crippen LogP contribution in [0.5, 0.6) is 0 Å². The summed E-state index contributed by atoms with van der Waals surface area (Å²) in [6.45, 7) is 4.15. The first-order valence-electron chi connectivity index (χ1n) is 7.61. The molecule has 1 aromatic carbocycles. The number of hydrogen-bond donors (Lipinski definition) is 1. The van der Waals surface area contributed by atoms with Gasteiger partial charge in [-0.3, -0.25) is 4.79 Å². The maximum absolute atomic E-state index is 11.0. The zero-order valence-electron chi connectivity index (χ0n) is 13.4. The first kappa shape index (κ1) is 17.4. The number of carbonyl (C=O) groups excluding carboxylic acids is 1. The summed E-state index contributed by atoms with van der Waals surface area (Å²) in [5, 5.41) is 0. The molecule has 0 aliphatic heterocycles. The predicted octanol–water partition coefficient (Wildman–Crippen LogP) is 3.71. The van der Waals surface area contributed by atoms with E-state index in [2.05, 4.69) is 42.0 Å². The van der Waals surface area contributed by atoms with Crippen molar-refractivity contribution >= 4 is 11.5 Å². The van der Waals surface area contributed by atoms with Crippen LogP contribution < -0.4 is 5.73 Å². The Bertz CT molecular complexity index is 461. The van der Waals surface area contributed by atoms with Gasteiger partial charge >= 0.3 is 5.97 Å². The van der Waals surface area contributed by atoms with E-state index in [0.29, 0.717) is 6.42 Å². The van der Waals surface area contributed by atoms with E-state index in [1.54, 1.807) is 0 Å². The number of ether oxygens (including phenoxy) is 1. The third-order valence-electron chi connectivity index (χ3n) is 3.48. The van der Waals surface area contributed by atoms with E-state index in [-0.39, 0.29) is 12.0 Å². The molecule has 2 N–H and O–H groups in total. The van der Waals surface area contributed by atoms with Gasteiger partial charge in [0.25, 0.3) is 0 Å². The second-order valence-electron chi connectivity index (χ2n) is 5.59. The van der Waals surface area contributed by atoms with E-state index >= 15 is 0 Å². The van der Waals surface area contributed by atoms with Gasteiger partial charge in [0.05, 0.1) is 7.11 Å². The first-order chi connectivity index (χ1) is 10.0. The van der Waals surface area contributed by atoms with Gasteiger partial charge in [-0.15, -0.1) is 0 Å². The lowest BCUT2D eigenvalue weighted by molar-refractivity contribution is -0.140. The standard InChI is InChI=1S/C18H27NO2/c1-14(7-5-4-6-8-18(20)21-3)17-11-9-16(10-12-17)13-15(2)19/h7,9-12,15H,4-6,8,13,19H2,1-3H3/b14-7-/t15-/m1/s1. The zero-order valence-corrected chi connectivity index (χ0v) is 13.4. The lowest BCUT2D eigenvalue weighted by Crippen LogP contribution is -2.17. The Labute approximate surface area is 128 Å². The van der Waals surface area contributed by atoms with Gasteiger partial charge in [0.2, 0.25) is 0 Å². The number of nitrogens with two attached hydrogens (primary N) is 1. The molecule has 0 aliphatic carbocycles. The Balaban J connectivity index is 2.41. The van der Waals surface area contributed by atoms with Gasteiger partial charge in [0.1, 0.15) is 0 Å². The van der Waals surface area contributed by atoms with Gasteiger partial charge < -0.3 is 10.5 Å². The molecule has 0 saturated heterocycles. The molecule has 1 rings (SSSR count). The molecule has 0 saturated carbocycles. The summed E-state index contributed by atoms with van der Waals surface area (Å²) >= 11 is 0. The van der Waals surface area contributed by atoms with Crippen LogP contribution in [0.4, 0.5) is 0 Å². The Morgan fingerprint density at radius 2 is 1.95 bits per heavy atom. The highest BCUT2D eigenvalue weighted by Crippen LogP contribution is 2.17. The van der Waals surface area contributed by atoms with Crippen molar-refractivity contribution in [2.45, 2.75) is 52.0 Å². The summed E-state index contributed by atoms with van der Waals surface area (Å²) in [6.07, 6.45) is 6.53. The van der Waals surface area contributed by atoms with Gasteiger partial charge in [0.15, 0.2) is 0 Å². The van der Waals surface area contributed by atoms with Crippen LogP contribution in [-0.2, 0) is 16.0 Å². The Kier molecular flexibility index (Phi) is 7.76. The van der Waals surface area contributed by atoms with Gasteiger partial charge in [0, 0.05) is 12.5 Å². The summed E-state index contributed by atoms with van der Waals surface area (Å²) in [4.78, 5) is 11.0. The van der Waals surface area contributed by atoms with Crippen LogP contribution >= 0.6 is 0 Å². The molecule has 0 spiro atoms. The minimum absolute atomic E-state index is 0.125. The number of allylic oxidation sites excluding steroid dienone is 2. The van der Waals surface area contributed by atoms with Crippen LogP contribution in [0.15, 0.2) is 30.3 Å². The van der Waals surface area contributed by atoms with Crippen molar-refractivity contribution in [3.8, 4) is 0 Å². The van der Waals surface area contributed by atoms with Crippen LogP contribution in [0.3, 0.4) is 0 Å². The monoisotopic (exact) mass is 289 g/mol. The number of hydrogen-bond acceptors (Lipinski definition) is 3. The van der Waals surface area contributed by atoms with E-state index < -0.39 is 0 Å². The van der Waals surface area contributed by atoms with Crippen molar-refractivity contribution in [3.63, 3.8) is 0 Å². The number of rotatable bonds is 8. The SMILES string of the molecule is COC(=O)CCCC/C=C(/C)c1ccc(C[C@@H](C)N)cc1. The molecule has 0 fully saturated rings. The highest BCUT2D eigenvalue weighted by Gasteiger charge is 2.01. The predicted molar refractivity (Wildman–Crippen MR) is 87.9 cm³/mol. The fourth-order valence-corrected chi connectivity index (χ4v) is 2.23. The van der Waals surface area contributed by atoms with Crippen molar-refractivity contribution in [1.29, 1.82) is 0 Å². The quantitative estimate of drug-likeness (QED) is 0.586. The highest BCUT2D eigenvalue weighted by atomic mass is 16.5. The van der Waals surface area contributed by atoms with E-state index in [9.17, 15) is 4.79 Å². The van der Waals surface area contributed by atoms with E-state index in [1.807, 2.05) is 6.92 Å². The Morgan fingerprint density at radius 3 is 2.52 bits per heavy atom. The molecule has 0 aromatic heterocycles. The fourth-order valence-electron chi connectivity index (χ4n) is 2.23. The average molecular weight is 289 g/mol. The summed E-state index contributed by atoms with van der Waals surface area (Å²) in [6, 6.07) is 8.79. The number of carbonyl (C=O) groups is 1. The molecule has 3 heteroatoms. The van der Waals surface area contributed by atoms with Gasteiger partial charge in [-0.2, -0.15) is 0 Å². The molecule has 0 aliphatic rings. The minimum Gasteiger partial charge on any atom is -0.469 e. The molecule has 1 aromatic rings. The number of benzene rings is 1. The number of esters is 1. The van der Waals surface area contributed by atoms with E-state index in [0.717, 1.165) is 25.7 Å². The Hall–Kier alpha value is -1.61. The lowest BCUT2D eigenvalue weighted by atomic mass is 10.0. The van der Waals surface area contributed by atoms with Crippen LogP contribution in [0.2, 0.25) is 0 Å². The topological polar surface area (TPSA) is 52.3 Å². The van der Waals surface area contributed by atoms with Crippen molar-refractivity contribution in [2.75, 3.05) is 7.11 Å². The molecule has 21 heavy (non-hydrogen) atoms. The normalized spacial score (nSPS) is 13.0. The molecule has 116 valence electrons. The molecule has 0 unspecified atom stereocenters. The van der Waals surface area contributed by atoms with Crippen molar-refractivity contribution in [1.82, 2.24) is 0 Å². The maximum Gasteiger partial charge on any atom is 0.305 e. The summed E-state index contributed by atoms with van der Waals surface area (Å²) < 4.78 is 4.62. The third kappa shape index (κ3) is 7.09. The second kappa shape index (κ2) is 9.35. The van der Waals surface area contributed by atoms with E-state index in [1.165, 1.54) is 23.8 Å². The fraction of sp³-hybridized carbons (Fsp3) is 0.500. The third-order valence-corrected chi connectivity index (χ3v) is 3.48. The van der Waals surface area contributed by atoms with Crippen LogP contribution in [-0.4, -0.2) is 19.1 Å². The lowest BCUT2D eigenvalue weighted by Gasteiger charge is -2.07. The minimum atomic E-state index is -0.125. The molecular formula is C18H27NO2. The van der Waals surface area contributed by atoms with Crippen molar-refractivity contribution < 1.29 is 9.53 Å². The molecule has 0 amide bonds. The van der Waals surface area contributed by atoms with Crippen molar-refractivity contribution in [3.05, 3.63) is 41.5 Å². The zero-order chi connectivity index (χ0) is 15.7. The van der Waals surface area contributed by atoms with Crippen LogP contribution in [0, 0.1) is 0 Å². The molecule has 0 heterocycles. The maximum atomic E-state index is 11.0. The average Bonchev–Trinajstić information content (AvgIpc) is 2.46. The molecule has 0 bridgehead atoms. The highest BCUT2D eigenvalue weighted by molar-refractivity contribution is 5.69.